The molecule has 18 heavy (non-hydrogen) atoms. The zero-order valence-corrected chi connectivity index (χ0v) is 10.9. The van der Waals surface area contributed by atoms with Crippen molar-refractivity contribution in [1.29, 1.82) is 0 Å². The number of hydrogen-bond acceptors (Lipinski definition) is 5. The number of pyridine rings is 1. The maximum Gasteiger partial charge on any atom is 0.240 e. The molecule has 2 rings (SSSR count). The van der Waals surface area contributed by atoms with Crippen LogP contribution in [0.1, 0.15) is 20.3 Å². The molecule has 1 aliphatic rings. The van der Waals surface area contributed by atoms with Gasteiger partial charge in [0, 0.05) is 18.6 Å². The summed E-state index contributed by atoms with van der Waals surface area (Å²) in [4.78, 5) is 4.26. The molecule has 1 fully saturated rings. The third-order valence-corrected chi connectivity index (χ3v) is 2.70. The molecule has 1 aromatic rings. The van der Waals surface area contributed by atoms with Crippen LogP contribution in [0, 0.1) is 5.92 Å². The minimum atomic E-state index is 0.0401. The van der Waals surface area contributed by atoms with Crippen molar-refractivity contribution in [2.45, 2.75) is 26.4 Å². The second kappa shape index (κ2) is 5.91. The Morgan fingerprint density at radius 1 is 1.50 bits per heavy atom. The molecular formula is C13H20N2O3. The van der Waals surface area contributed by atoms with E-state index in [1.807, 2.05) is 13.8 Å². The van der Waals surface area contributed by atoms with Gasteiger partial charge < -0.3 is 19.9 Å². The van der Waals surface area contributed by atoms with Gasteiger partial charge >= 0.3 is 0 Å². The van der Waals surface area contributed by atoms with Crippen LogP contribution in [0.5, 0.6) is 11.8 Å². The van der Waals surface area contributed by atoms with Gasteiger partial charge in [0.15, 0.2) is 0 Å². The van der Waals surface area contributed by atoms with Crippen molar-refractivity contribution >= 4 is 5.69 Å². The molecule has 2 heterocycles. The summed E-state index contributed by atoms with van der Waals surface area (Å²) in [7, 11) is 0. The summed E-state index contributed by atoms with van der Waals surface area (Å²) in [6.07, 6.45) is 1.09. The Balaban J connectivity index is 1.95. The number of nitrogen functional groups attached to an aromatic ring is 1. The van der Waals surface area contributed by atoms with Crippen LogP contribution in [0.15, 0.2) is 12.1 Å². The quantitative estimate of drug-likeness (QED) is 0.866. The summed E-state index contributed by atoms with van der Waals surface area (Å²) in [5.41, 5.74) is 6.32. The highest BCUT2D eigenvalue weighted by Crippen LogP contribution is 2.24. The van der Waals surface area contributed by atoms with E-state index in [0.29, 0.717) is 30.0 Å². The topological polar surface area (TPSA) is 66.6 Å². The fourth-order valence-corrected chi connectivity index (χ4v) is 1.75. The van der Waals surface area contributed by atoms with Gasteiger partial charge in [-0.05, 0) is 26.3 Å². The van der Waals surface area contributed by atoms with Gasteiger partial charge in [0.05, 0.1) is 25.0 Å². The molecule has 100 valence electrons. The van der Waals surface area contributed by atoms with Crippen molar-refractivity contribution in [1.82, 2.24) is 4.98 Å². The first kappa shape index (κ1) is 13.0. The zero-order valence-electron chi connectivity index (χ0n) is 10.9. The first-order valence-corrected chi connectivity index (χ1v) is 6.29. The van der Waals surface area contributed by atoms with Gasteiger partial charge in [-0.2, -0.15) is 4.98 Å². The minimum absolute atomic E-state index is 0.0401. The lowest BCUT2D eigenvalue weighted by Crippen LogP contribution is -2.13. The molecule has 1 unspecified atom stereocenters. The smallest absolute Gasteiger partial charge is 0.240 e. The third-order valence-electron chi connectivity index (χ3n) is 2.70. The van der Waals surface area contributed by atoms with Gasteiger partial charge in [0.25, 0.3) is 0 Å². The van der Waals surface area contributed by atoms with Gasteiger partial charge in [-0.1, -0.05) is 0 Å². The second-order valence-corrected chi connectivity index (χ2v) is 4.75. The van der Waals surface area contributed by atoms with E-state index < -0.39 is 0 Å². The molecule has 0 saturated carbocycles. The molecule has 0 aromatic carbocycles. The highest BCUT2D eigenvalue weighted by molar-refractivity contribution is 5.49. The molecule has 1 aromatic heterocycles. The van der Waals surface area contributed by atoms with E-state index in [0.717, 1.165) is 19.6 Å². The average Bonchev–Trinajstić information content (AvgIpc) is 2.82. The number of aromatic nitrogens is 1. The summed E-state index contributed by atoms with van der Waals surface area (Å²) in [6.45, 7) is 6.09. The van der Waals surface area contributed by atoms with Crippen LogP contribution in [-0.2, 0) is 4.74 Å². The molecule has 2 N–H and O–H groups in total. The fourth-order valence-electron chi connectivity index (χ4n) is 1.75. The molecule has 0 amide bonds. The van der Waals surface area contributed by atoms with E-state index in [1.165, 1.54) is 0 Å². The Labute approximate surface area is 107 Å². The number of anilines is 1. The Morgan fingerprint density at radius 2 is 2.33 bits per heavy atom. The number of rotatable bonds is 5. The summed E-state index contributed by atoms with van der Waals surface area (Å²) in [5.74, 6) is 1.44. The lowest BCUT2D eigenvalue weighted by molar-refractivity contribution is 0.164. The van der Waals surface area contributed by atoms with Crippen LogP contribution >= 0.6 is 0 Å². The van der Waals surface area contributed by atoms with Gasteiger partial charge in [-0.3, -0.25) is 0 Å². The lowest BCUT2D eigenvalue weighted by atomic mass is 10.1. The standard InChI is InChI=1S/C13H20N2O3/c1-9(2)18-13-11(14)3-4-12(15-13)17-8-10-5-6-16-7-10/h3-4,9-10H,5-8,14H2,1-2H3. The number of ether oxygens (including phenoxy) is 3. The van der Waals surface area contributed by atoms with Crippen LogP contribution in [0.2, 0.25) is 0 Å². The Kier molecular flexibility index (Phi) is 4.25. The Morgan fingerprint density at radius 3 is 3.00 bits per heavy atom. The highest BCUT2D eigenvalue weighted by Gasteiger charge is 2.17. The molecule has 5 nitrogen and oxygen atoms in total. The van der Waals surface area contributed by atoms with Crippen LogP contribution in [0.3, 0.4) is 0 Å². The van der Waals surface area contributed by atoms with Crippen LogP contribution < -0.4 is 15.2 Å². The minimum Gasteiger partial charge on any atom is -0.477 e. The highest BCUT2D eigenvalue weighted by atomic mass is 16.5. The predicted octanol–water partition coefficient (Wildman–Crippen LogP) is 1.87. The fraction of sp³-hybridized carbons (Fsp3) is 0.615. The Hall–Kier alpha value is -1.49. The Bertz CT molecular complexity index is 390. The molecule has 1 aliphatic heterocycles. The molecule has 0 radical (unpaired) electrons. The monoisotopic (exact) mass is 252 g/mol. The molecule has 1 atom stereocenters. The molecule has 0 bridgehead atoms. The van der Waals surface area contributed by atoms with Crippen LogP contribution in [-0.4, -0.2) is 30.9 Å². The van der Waals surface area contributed by atoms with Crippen LogP contribution in [0.25, 0.3) is 0 Å². The summed E-state index contributed by atoms with van der Waals surface area (Å²) in [5, 5.41) is 0. The molecule has 5 heteroatoms. The van der Waals surface area contributed by atoms with Crippen LogP contribution in [0.4, 0.5) is 5.69 Å². The van der Waals surface area contributed by atoms with Crippen molar-refractivity contribution in [3.63, 3.8) is 0 Å². The van der Waals surface area contributed by atoms with Gasteiger partial charge in [0.2, 0.25) is 11.8 Å². The van der Waals surface area contributed by atoms with E-state index in [9.17, 15) is 0 Å². The van der Waals surface area contributed by atoms with Crippen molar-refractivity contribution in [2.75, 3.05) is 25.6 Å². The normalized spacial score (nSPS) is 19.2. The summed E-state index contributed by atoms with van der Waals surface area (Å²) < 4.78 is 16.5. The molecule has 1 saturated heterocycles. The van der Waals surface area contributed by atoms with Crippen molar-refractivity contribution in [3.05, 3.63) is 12.1 Å². The zero-order chi connectivity index (χ0) is 13.0. The summed E-state index contributed by atoms with van der Waals surface area (Å²) >= 11 is 0. The van der Waals surface area contributed by atoms with E-state index in [-0.39, 0.29) is 6.10 Å². The maximum atomic E-state index is 5.79. The van der Waals surface area contributed by atoms with E-state index in [2.05, 4.69) is 4.98 Å². The van der Waals surface area contributed by atoms with Crippen molar-refractivity contribution < 1.29 is 14.2 Å². The lowest BCUT2D eigenvalue weighted by Gasteiger charge is -2.13. The predicted molar refractivity (Wildman–Crippen MR) is 68.8 cm³/mol. The number of nitrogens with zero attached hydrogens (tertiary/aromatic N) is 1. The largest absolute Gasteiger partial charge is 0.477 e. The number of nitrogens with two attached hydrogens (primary N) is 1. The van der Waals surface area contributed by atoms with Crippen molar-refractivity contribution in [3.8, 4) is 11.8 Å². The molecule has 0 aliphatic carbocycles. The van der Waals surface area contributed by atoms with E-state index in [1.54, 1.807) is 12.1 Å². The first-order valence-electron chi connectivity index (χ1n) is 6.29. The van der Waals surface area contributed by atoms with E-state index >= 15 is 0 Å². The molecular weight excluding hydrogens is 232 g/mol. The average molecular weight is 252 g/mol. The second-order valence-electron chi connectivity index (χ2n) is 4.75. The van der Waals surface area contributed by atoms with E-state index in [4.69, 9.17) is 19.9 Å². The van der Waals surface area contributed by atoms with Gasteiger partial charge in [-0.25, -0.2) is 0 Å². The van der Waals surface area contributed by atoms with Gasteiger partial charge in [0.1, 0.15) is 0 Å². The van der Waals surface area contributed by atoms with Crippen molar-refractivity contribution in [2.24, 2.45) is 5.92 Å². The third kappa shape index (κ3) is 3.50. The maximum absolute atomic E-state index is 5.79. The SMILES string of the molecule is CC(C)Oc1nc(OCC2CCOC2)ccc1N. The van der Waals surface area contributed by atoms with Gasteiger partial charge in [-0.15, -0.1) is 0 Å². The first-order chi connectivity index (χ1) is 8.65. The summed E-state index contributed by atoms with van der Waals surface area (Å²) in [6, 6.07) is 3.52. The molecule has 0 spiro atoms. The number of hydrogen-bond donors (Lipinski definition) is 1.